The van der Waals surface area contributed by atoms with Gasteiger partial charge in [-0.3, -0.25) is 0 Å². The first-order valence-electron chi connectivity index (χ1n) is 6.04. The number of halogens is 3. The van der Waals surface area contributed by atoms with E-state index < -0.39 is 17.6 Å². The van der Waals surface area contributed by atoms with E-state index in [-0.39, 0.29) is 13.0 Å². The molecule has 0 aliphatic carbocycles. The van der Waals surface area contributed by atoms with E-state index in [1.807, 2.05) is 6.92 Å². The highest BCUT2D eigenvalue weighted by Gasteiger charge is 2.43. The molecule has 0 radical (unpaired) electrons. The number of alkyl halides is 3. The zero-order valence-corrected chi connectivity index (χ0v) is 10.5. The molecular weight excluding hydrogens is 245 g/mol. The van der Waals surface area contributed by atoms with Crippen LogP contribution in [-0.2, 0) is 18.5 Å². The molecule has 7 heteroatoms. The van der Waals surface area contributed by atoms with Gasteiger partial charge in [-0.15, -0.1) is 10.2 Å². The molecule has 0 saturated carbocycles. The molecule has 0 saturated heterocycles. The molecule has 2 heterocycles. The second-order valence-corrected chi connectivity index (χ2v) is 5.10. The third-order valence-corrected chi connectivity index (χ3v) is 3.65. The van der Waals surface area contributed by atoms with Crippen molar-refractivity contribution in [3.63, 3.8) is 0 Å². The average molecular weight is 262 g/mol. The number of aryl methyl sites for hydroxylation is 1. The first-order valence-corrected chi connectivity index (χ1v) is 6.04. The van der Waals surface area contributed by atoms with Crippen molar-refractivity contribution in [2.75, 3.05) is 0 Å². The Hall–Kier alpha value is -1.11. The van der Waals surface area contributed by atoms with Crippen LogP contribution in [0, 0.1) is 5.92 Å². The van der Waals surface area contributed by atoms with Crippen LogP contribution in [0.1, 0.15) is 38.3 Å². The summed E-state index contributed by atoms with van der Waals surface area (Å²) in [5.74, 6) is -0.267. The van der Waals surface area contributed by atoms with E-state index in [9.17, 15) is 13.2 Å². The van der Waals surface area contributed by atoms with Gasteiger partial charge in [0.05, 0.1) is 11.5 Å². The van der Waals surface area contributed by atoms with Crippen molar-refractivity contribution in [1.29, 1.82) is 0 Å². The molecule has 0 bridgehead atoms. The minimum Gasteiger partial charge on any atom is -0.319 e. The van der Waals surface area contributed by atoms with Crippen LogP contribution in [0.25, 0.3) is 0 Å². The summed E-state index contributed by atoms with van der Waals surface area (Å²) in [5, 5.41) is 7.93. The van der Waals surface area contributed by atoms with Crippen LogP contribution in [0.2, 0.25) is 0 Å². The molecule has 4 nitrogen and oxygen atoms in total. The maximum Gasteiger partial charge on any atom is 0.393 e. The van der Waals surface area contributed by atoms with E-state index in [2.05, 4.69) is 10.2 Å². The molecule has 0 fully saturated rings. The highest BCUT2D eigenvalue weighted by atomic mass is 19.4. The molecule has 2 rings (SSSR count). The Morgan fingerprint density at radius 1 is 1.39 bits per heavy atom. The van der Waals surface area contributed by atoms with E-state index >= 15 is 0 Å². The van der Waals surface area contributed by atoms with E-state index in [4.69, 9.17) is 5.73 Å². The lowest BCUT2D eigenvalue weighted by Gasteiger charge is -2.29. The Kier molecular flexibility index (Phi) is 3.12. The fourth-order valence-electron chi connectivity index (χ4n) is 2.17. The molecule has 1 aromatic heterocycles. The largest absolute Gasteiger partial charge is 0.393 e. The lowest BCUT2D eigenvalue weighted by atomic mass is 9.95. The lowest BCUT2D eigenvalue weighted by molar-refractivity contribution is -0.182. The molecule has 1 aromatic rings. The van der Waals surface area contributed by atoms with E-state index in [0.29, 0.717) is 24.5 Å². The van der Waals surface area contributed by atoms with Crippen molar-refractivity contribution in [3.05, 3.63) is 11.6 Å². The van der Waals surface area contributed by atoms with Crippen molar-refractivity contribution in [2.45, 2.75) is 51.4 Å². The Labute approximate surface area is 103 Å². The maximum absolute atomic E-state index is 12.8. The molecule has 0 amide bonds. The van der Waals surface area contributed by atoms with E-state index in [1.165, 1.54) is 0 Å². The summed E-state index contributed by atoms with van der Waals surface area (Å²) in [6.45, 7) is 3.53. The van der Waals surface area contributed by atoms with Crippen molar-refractivity contribution in [3.8, 4) is 0 Å². The Bertz CT molecular complexity index is 436. The van der Waals surface area contributed by atoms with Gasteiger partial charge in [-0.1, -0.05) is 6.92 Å². The van der Waals surface area contributed by atoms with Gasteiger partial charge in [0, 0.05) is 13.0 Å². The number of aromatic nitrogens is 3. The van der Waals surface area contributed by atoms with Crippen LogP contribution in [0.4, 0.5) is 13.2 Å². The minimum absolute atomic E-state index is 0.0784. The summed E-state index contributed by atoms with van der Waals surface area (Å²) in [6, 6.07) is 0. The lowest BCUT2D eigenvalue weighted by Crippen LogP contribution is -2.39. The van der Waals surface area contributed by atoms with Crippen molar-refractivity contribution in [2.24, 2.45) is 11.7 Å². The molecule has 18 heavy (non-hydrogen) atoms. The maximum atomic E-state index is 12.8. The topological polar surface area (TPSA) is 56.7 Å². The summed E-state index contributed by atoms with van der Waals surface area (Å²) >= 11 is 0. The zero-order valence-electron chi connectivity index (χ0n) is 10.5. The average Bonchev–Trinajstić information content (AvgIpc) is 2.71. The first kappa shape index (κ1) is 13.3. The number of hydrogen-bond donors (Lipinski definition) is 1. The van der Waals surface area contributed by atoms with Gasteiger partial charge in [0.25, 0.3) is 0 Å². The van der Waals surface area contributed by atoms with Gasteiger partial charge in [-0.05, 0) is 19.8 Å². The number of rotatable bonds is 2. The molecule has 2 unspecified atom stereocenters. The number of hydrogen-bond acceptors (Lipinski definition) is 3. The fourth-order valence-corrected chi connectivity index (χ4v) is 2.17. The van der Waals surface area contributed by atoms with Gasteiger partial charge in [0.1, 0.15) is 5.82 Å². The normalized spacial score (nSPS) is 23.6. The third-order valence-electron chi connectivity index (χ3n) is 3.65. The summed E-state index contributed by atoms with van der Waals surface area (Å²) in [4.78, 5) is 0. The summed E-state index contributed by atoms with van der Waals surface area (Å²) in [6.07, 6.45) is -3.19. The number of nitrogens with zero attached hydrogens (tertiary/aromatic N) is 3. The summed E-state index contributed by atoms with van der Waals surface area (Å²) in [5.41, 5.74) is 5.32. The fraction of sp³-hybridized carbons (Fsp3) is 0.818. The Balaban J connectivity index is 2.33. The molecule has 1 aliphatic heterocycles. The SMILES string of the molecule is CCC(C)(N)c1nnc2n1CC(C(F)(F)F)CC2. The quantitative estimate of drug-likeness (QED) is 0.886. The molecule has 2 N–H and O–H groups in total. The van der Waals surface area contributed by atoms with E-state index in [1.54, 1.807) is 11.5 Å². The number of fused-ring (bicyclic) bond motifs is 1. The molecule has 2 atom stereocenters. The Morgan fingerprint density at radius 3 is 2.61 bits per heavy atom. The molecule has 1 aliphatic rings. The standard InChI is InChI=1S/C11H17F3N4/c1-3-10(2,15)9-17-16-8-5-4-7(6-18(8)9)11(12,13)14/h7H,3-6,15H2,1-2H3. The molecule has 102 valence electrons. The second kappa shape index (κ2) is 4.22. The van der Waals surface area contributed by atoms with Crippen LogP contribution < -0.4 is 5.73 Å². The van der Waals surface area contributed by atoms with E-state index in [0.717, 1.165) is 0 Å². The second-order valence-electron chi connectivity index (χ2n) is 5.10. The Morgan fingerprint density at radius 2 is 2.06 bits per heavy atom. The molecule has 0 aromatic carbocycles. The van der Waals surface area contributed by atoms with Crippen molar-refractivity contribution >= 4 is 0 Å². The van der Waals surface area contributed by atoms with Gasteiger partial charge in [-0.25, -0.2) is 0 Å². The molecule has 0 spiro atoms. The van der Waals surface area contributed by atoms with Crippen LogP contribution in [0.15, 0.2) is 0 Å². The predicted octanol–water partition coefficient (Wildman–Crippen LogP) is 1.99. The third kappa shape index (κ3) is 2.23. The number of nitrogens with two attached hydrogens (primary N) is 1. The van der Waals surface area contributed by atoms with Crippen LogP contribution in [0.5, 0.6) is 0 Å². The monoisotopic (exact) mass is 262 g/mol. The van der Waals surface area contributed by atoms with Crippen LogP contribution >= 0.6 is 0 Å². The van der Waals surface area contributed by atoms with Crippen LogP contribution in [-0.4, -0.2) is 20.9 Å². The zero-order chi connectivity index (χ0) is 13.6. The highest BCUT2D eigenvalue weighted by molar-refractivity contribution is 5.09. The van der Waals surface area contributed by atoms with Gasteiger partial charge in [-0.2, -0.15) is 13.2 Å². The summed E-state index contributed by atoms with van der Waals surface area (Å²) in [7, 11) is 0. The van der Waals surface area contributed by atoms with Crippen LogP contribution in [0.3, 0.4) is 0 Å². The smallest absolute Gasteiger partial charge is 0.319 e. The molecular formula is C11H17F3N4. The van der Waals surface area contributed by atoms with Gasteiger partial charge in [0.15, 0.2) is 5.82 Å². The van der Waals surface area contributed by atoms with Crippen molar-refractivity contribution in [1.82, 2.24) is 14.8 Å². The predicted molar refractivity (Wildman–Crippen MR) is 59.7 cm³/mol. The first-order chi connectivity index (χ1) is 8.25. The van der Waals surface area contributed by atoms with Gasteiger partial charge < -0.3 is 10.3 Å². The summed E-state index contributed by atoms with van der Waals surface area (Å²) < 4.78 is 39.8. The van der Waals surface area contributed by atoms with Gasteiger partial charge >= 0.3 is 6.18 Å². The highest BCUT2D eigenvalue weighted by Crippen LogP contribution is 2.35. The minimum atomic E-state index is -4.17. The van der Waals surface area contributed by atoms with Crippen molar-refractivity contribution < 1.29 is 13.2 Å². The van der Waals surface area contributed by atoms with Gasteiger partial charge in [0.2, 0.25) is 0 Å².